The summed E-state index contributed by atoms with van der Waals surface area (Å²) in [6.45, 7) is -0.241. The van der Waals surface area contributed by atoms with Crippen LogP contribution in [0.5, 0.6) is 5.75 Å². The Hall–Kier alpha value is -2.25. The van der Waals surface area contributed by atoms with Crippen LogP contribution in [0.3, 0.4) is 0 Å². The number of aromatic nitrogens is 1. The van der Waals surface area contributed by atoms with Crippen molar-refractivity contribution in [3.05, 3.63) is 63.8 Å². The van der Waals surface area contributed by atoms with E-state index in [1.54, 1.807) is 41.0 Å². The average Bonchev–Trinajstić information content (AvgIpc) is 3.02. The number of ether oxygens (including phenoxy) is 1. The molecule has 2 aromatic carbocycles. The smallest absolute Gasteiger partial charge is 0.352 e. The molecule has 142 valence electrons. The number of nitrogens with zero attached hydrogens (tertiary/aromatic N) is 1. The number of aromatic carboxylic acids is 1. The quantitative estimate of drug-likeness (QED) is 0.555. The molecule has 0 radical (unpaired) electrons. The minimum atomic E-state index is -1.08. The van der Waals surface area contributed by atoms with Crippen molar-refractivity contribution in [1.29, 1.82) is 0 Å². The third-order valence-electron chi connectivity index (χ3n) is 4.09. The predicted octanol–water partition coefficient (Wildman–Crippen LogP) is 3.43. The van der Waals surface area contributed by atoms with Gasteiger partial charge >= 0.3 is 5.97 Å². The molecule has 3 N–H and O–H groups in total. The van der Waals surface area contributed by atoms with E-state index in [1.807, 2.05) is 0 Å². The molecule has 1 aromatic heterocycles. The van der Waals surface area contributed by atoms with Crippen LogP contribution in [0.1, 0.15) is 16.1 Å². The summed E-state index contributed by atoms with van der Waals surface area (Å²) in [6, 6.07) is 11.9. The number of halogens is 2. The van der Waals surface area contributed by atoms with Crippen molar-refractivity contribution >= 4 is 40.1 Å². The number of carbonyl (C=O) groups is 1. The van der Waals surface area contributed by atoms with Gasteiger partial charge in [-0.15, -0.1) is 0 Å². The summed E-state index contributed by atoms with van der Waals surface area (Å²) in [4.78, 5) is 11.7. The van der Waals surface area contributed by atoms with E-state index >= 15 is 0 Å². The maximum atomic E-state index is 11.7. The van der Waals surface area contributed by atoms with Crippen LogP contribution < -0.4 is 4.74 Å². The fourth-order valence-electron chi connectivity index (χ4n) is 2.79. The van der Waals surface area contributed by atoms with Crippen LogP contribution in [-0.4, -0.2) is 45.2 Å². The molecule has 0 aliphatic carbocycles. The average molecular weight is 410 g/mol. The first-order chi connectivity index (χ1) is 12.9. The lowest BCUT2D eigenvalue weighted by Crippen LogP contribution is -2.21. The molecule has 3 rings (SSSR count). The van der Waals surface area contributed by atoms with Crippen LogP contribution in [-0.2, 0) is 6.54 Å². The van der Waals surface area contributed by atoms with Gasteiger partial charge in [0, 0.05) is 11.9 Å². The summed E-state index contributed by atoms with van der Waals surface area (Å²) in [7, 11) is 0. The van der Waals surface area contributed by atoms with E-state index in [0.29, 0.717) is 26.7 Å². The Kier molecular flexibility index (Phi) is 5.92. The van der Waals surface area contributed by atoms with Gasteiger partial charge in [0.2, 0.25) is 0 Å². The Labute approximate surface area is 165 Å². The second-order valence-electron chi connectivity index (χ2n) is 6.01. The van der Waals surface area contributed by atoms with E-state index in [0.717, 1.165) is 5.56 Å². The van der Waals surface area contributed by atoms with E-state index < -0.39 is 18.7 Å². The molecule has 0 saturated carbocycles. The second kappa shape index (κ2) is 8.19. The Bertz CT molecular complexity index is 986. The third kappa shape index (κ3) is 4.20. The number of hydrogen-bond donors (Lipinski definition) is 3. The number of carboxylic acids is 1. The highest BCUT2D eigenvalue weighted by Gasteiger charge is 2.18. The van der Waals surface area contributed by atoms with E-state index in [2.05, 4.69) is 0 Å². The Morgan fingerprint density at radius 2 is 1.93 bits per heavy atom. The van der Waals surface area contributed by atoms with Gasteiger partial charge in [0.25, 0.3) is 0 Å². The fourth-order valence-corrected chi connectivity index (χ4v) is 3.11. The maximum absolute atomic E-state index is 11.7. The van der Waals surface area contributed by atoms with Gasteiger partial charge in [-0.1, -0.05) is 35.3 Å². The van der Waals surface area contributed by atoms with Gasteiger partial charge in [0.15, 0.2) is 0 Å². The predicted molar refractivity (Wildman–Crippen MR) is 103 cm³/mol. The molecular weight excluding hydrogens is 393 g/mol. The number of benzene rings is 2. The number of fused-ring (bicyclic) bond motifs is 1. The maximum Gasteiger partial charge on any atom is 0.352 e. The van der Waals surface area contributed by atoms with Crippen LogP contribution in [0.2, 0.25) is 10.0 Å². The van der Waals surface area contributed by atoms with Gasteiger partial charge in [-0.2, -0.15) is 0 Å². The number of aliphatic hydroxyl groups is 2. The third-order valence-corrected chi connectivity index (χ3v) is 4.83. The molecule has 0 amide bonds. The highest BCUT2D eigenvalue weighted by molar-refractivity contribution is 6.42. The zero-order valence-corrected chi connectivity index (χ0v) is 15.6. The Morgan fingerprint density at radius 3 is 2.59 bits per heavy atom. The largest absolute Gasteiger partial charge is 0.490 e. The molecule has 0 saturated heterocycles. The van der Waals surface area contributed by atoms with Crippen LogP contribution >= 0.6 is 23.2 Å². The molecule has 27 heavy (non-hydrogen) atoms. The summed E-state index contributed by atoms with van der Waals surface area (Å²) < 4.78 is 7.20. The lowest BCUT2D eigenvalue weighted by Gasteiger charge is -2.12. The first-order valence-corrected chi connectivity index (χ1v) is 8.87. The molecule has 6 nitrogen and oxygen atoms in total. The normalized spacial score (nSPS) is 12.3. The summed E-state index contributed by atoms with van der Waals surface area (Å²) in [5.41, 5.74) is 1.55. The molecular formula is C19H17Cl2NO5. The number of rotatable bonds is 7. The fraction of sp³-hybridized carbons (Fsp3) is 0.211. The first kappa shape index (κ1) is 19.5. The molecule has 3 aromatic rings. The molecule has 0 spiro atoms. The van der Waals surface area contributed by atoms with Crippen molar-refractivity contribution < 1.29 is 24.9 Å². The lowest BCUT2D eigenvalue weighted by atomic mass is 10.2. The van der Waals surface area contributed by atoms with Crippen molar-refractivity contribution in [2.75, 3.05) is 13.2 Å². The topological polar surface area (TPSA) is 91.9 Å². The molecule has 1 unspecified atom stereocenters. The van der Waals surface area contributed by atoms with Gasteiger partial charge in [0.1, 0.15) is 24.2 Å². The van der Waals surface area contributed by atoms with Crippen LogP contribution in [0.4, 0.5) is 0 Å². The monoisotopic (exact) mass is 409 g/mol. The van der Waals surface area contributed by atoms with E-state index in [4.69, 9.17) is 33.0 Å². The summed E-state index contributed by atoms with van der Waals surface area (Å²) in [6.07, 6.45) is -1.02. The number of carboxylic acid groups (broad SMARTS) is 1. The van der Waals surface area contributed by atoms with E-state index in [1.165, 1.54) is 6.07 Å². The zero-order chi connectivity index (χ0) is 19.6. The first-order valence-electron chi connectivity index (χ1n) is 8.12. The van der Waals surface area contributed by atoms with Crippen molar-refractivity contribution in [1.82, 2.24) is 4.57 Å². The molecule has 1 heterocycles. The lowest BCUT2D eigenvalue weighted by molar-refractivity contribution is 0.0541. The van der Waals surface area contributed by atoms with E-state index in [9.17, 15) is 15.0 Å². The molecule has 0 aliphatic rings. The second-order valence-corrected chi connectivity index (χ2v) is 6.82. The minimum absolute atomic E-state index is 0.0924. The van der Waals surface area contributed by atoms with Crippen molar-refractivity contribution in [2.24, 2.45) is 0 Å². The minimum Gasteiger partial charge on any atom is -0.490 e. The molecule has 0 fully saturated rings. The molecule has 1 atom stereocenters. The summed E-state index contributed by atoms with van der Waals surface area (Å²) in [5.74, 6) is -0.650. The van der Waals surface area contributed by atoms with Crippen molar-refractivity contribution in [2.45, 2.75) is 12.6 Å². The number of hydrogen-bond acceptors (Lipinski definition) is 4. The molecule has 8 heteroatoms. The van der Waals surface area contributed by atoms with Gasteiger partial charge in [-0.05, 0) is 35.9 Å². The van der Waals surface area contributed by atoms with Crippen molar-refractivity contribution in [3.8, 4) is 5.75 Å². The standard InChI is InChI=1S/C19H17Cl2NO5/c20-14-5-4-11(6-15(14)21)8-22-16-2-1-3-18(27-10-12(24)9-23)13(16)7-17(22)19(25)26/h1-7,12,23-24H,8-10H2,(H,25,26). The molecule has 0 bridgehead atoms. The number of aliphatic hydroxyl groups excluding tert-OH is 2. The summed E-state index contributed by atoms with van der Waals surface area (Å²) >= 11 is 12.0. The molecule has 0 aliphatic heterocycles. The van der Waals surface area contributed by atoms with Crippen LogP contribution in [0.25, 0.3) is 10.9 Å². The summed E-state index contributed by atoms with van der Waals surface area (Å²) in [5, 5.41) is 29.4. The van der Waals surface area contributed by atoms with Gasteiger partial charge in [0.05, 0.1) is 22.2 Å². The van der Waals surface area contributed by atoms with Crippen LogP contribution in [0.15, 0.2) is 42.5 Å². The van der Waals surface area contributed by atoms with Gasteiger partial charge in [-0.25, -0.2) is 4.79 Å². The van der Waals surface area contributed by atoms with E-state index in [-0.39, 0.29) is 18.8 Å². The zero-order valence-electron chi connectivity index (χ0n) is 14.1. The SMILES string of the molecule is O=C(O)c1cc2c(OCC(O)CO)cccc2n1Cc1ccc(Cl)c(Cl)c1. The highest BCUT2D eigenvalue weighted by Crippen LogP contribution is 2.31. The highest BCUT2D eigenvalue weighted by atomic mass is 35.5. The van der Waals surface area contributed by atoms with Gasteiger partial charge in [-0.3, -0.25) is 0 Å². The van der Waals surface area contributed by atoms with Crippen molar-refractivity contribution in [3.63, 3.8) is 0 Å². The van der Waals surface area contributed by atoms with Crippen LogP contribution in [0, 0.1) is 0 Å². The van der Waals surface area contributed by atoms with Gasteiger partial charge < -0.3 is 24.6 Å². The Morgan fingerprint density at radius 1 is 1.15 bits per heavy atom. The Balaban J connectivity index is 2.04.